The van der Waals surface area contributed by atoms with Crippen LogP contribution in [0, 0.1) is 19.7 Å². The van der Waals surface area contributed by atoms with Crippen LogP contribution in [0.5, 0.6) is 0 Å². The fraction of sp³-hybridized carbons (Fsp3) is 0.200. The molecule has 0 aliphatic carbocycles. The normalized spacial score (nSPS) is 12.5. The summed E-state index contributed by atoms with van der Waals surface area (Å²) in [5.41, 5.74) is 3.78. The lowest BCUT2D eigenvalue weighted by Gasteiger charge is -2.14. The van der Waals surface area contributed by atoms with Crippen LogP contribution in [0.2, 0.25) is 0 Å². The third-order valence-electron chi connectivity index (χ3n) is 2.91. The highest BCUT2D eigenvalue weighted by molar-refractivity contribution is 5.37. The summed E-state index contributed by atoms with van der Waals surface area (Å²) in [7, 11) is 0. The van der Waals surface area contributed by atoms with Crippen molar-refractivity contribution in [1.82, 2.24) is 0 Å². The lowest BCUT2D eigenvalue weighted by atomic mass is 9.96. The Morgan fingerprint density at radius 1 is 1.00 bits per heavy atom. The van der Waals surface area contributed by atoms with Gasteiger partial charge < -0.3 is 5.11 Å². The summed E-state index contributed by atoms with van der Waals surface area (Å²) in [5, 5.41) is 10.2. The Bertz CT molecular complexity index is 517. The average Bonchev–Trinajstić information content (AvgIpc) is 2.29. The molecule has 2 aromatic rings. The zero-order chi connectivity index (χ0) is 12.4. The number of benzene rings is 2. The second kappa shape index (κ2) is 4.68. The van der Waals surface area contributed by atoms with Gasteiger partial charge in [0.25, 0.3) is 0 Å². The Morgan fingerprint density at radius 3 is 2.24 bits per heavy atom. The van der Waals surface area contributed by atoms with Gasteiger partial charge in [-0.3, -0.25) is 0 Å². The molecule has 0 aromatic heterocycles. The molecule has 1 N–H and O–H groups in total. The van der Waals surface area contributed by atoms with E-state index < -0.39 is 6.10 Å². The number of hydrogen-bond acceptors (Lipinski definition) is 1. The lowest BCUT2D eigenvalue weighted by Crippen LogP contribution is -2.02. The van der Waals surface area contributed by atoms with E-state index in [1.165, 1.54) is 12.1 Å². The lowest BCUT2D eigenvalue weighted by molar-refractivity contribution is 0.219. The average molecular weight is 230 g/mol. The first kappa shape index (κ1) is 11.8. The first-order valence-electron chi connectivity index (χ1n) is 5.58. The molecule has 0 heterocycles. The third kappa shape index (κ3) is 2.53. The van der Waals surface area contributed by atoms with E-state index in [-0.39, 0.29) is 5.82 Å². The van der Waals surface area contributed by atoms with Gasteiger partial charge in [0.2, 0.25) is 0 Å². The van der Waals surface area contributed by atoms with Crippen LogP contribution >= 0.6 is 0 Å². The predicted octanol–water partition coefficient (Wildman–Crippen LogP) is 3.52. The van der Waals surface area contributed by atoms with Crippen LogP contribution in [0.25, 0.3) is 0 Å². The molecule has 0 radical (unpaired) electrons. The molecule has 0 bridgehead atoms. The molecule has 1 atom stereocenters. The maximum atomic E-state index is 12.8. The fourth-order valence-electron chi connectivity index (χ4n) is 1.96. The minimum atomic E-state index is -0.698. The summed E-state index contributed by atoms with van der Waals surface area (Å²) >= 11 is 0. The minimum absolute atomic E-state index is 0.290. The van der Waals surface area contributed by atoms with Crippen LogP contribution < -0.4 is 0 Å². The third-order valence-corrected chi connectivity index (χ3v) is 2.91. The van der Waals surface area contributed by atoms with Gasteiger partial charge in [-0.1, -0.05) is 35.9 Å². The summed E-state index contributed by atoms with van der Waals surface area (Å²) in [6.07, 6.45) is -0.698. The molecule has 0 aliphatic heterocycles. The Hall–Kier alpha value is -1.67. The van der Waals surface area contributed by atoms with Gasteiger partial charge in [-0.15, -0.1) is 0 Å². The number of halogens is 1. The molecule has 0 spiro atoms. The van der Waals surface area contributed by atoms with Crippen molar-refractivity contribution in [3.63, 3.8) is 0 Å². The summed E-state index contributed by atoms with van der Waals surface area (Å²) < 4.78 is 12.8. The predicted molar refractivity (Wildman–Crippen MR) is 66.4 cm³/mol. The molecule has 0 fully saturated rings. The molecule has 2 heteroatoms. The highest BCUT2D eigenvalue weighted by Crippen LogP contribution is 2.25. The molecule has 1 unspecified atom stereocenters. The molecule has 2 rings (SSSR count). The molecule has 17 heavy (non-hydrogen) atoms. The standard InChI is InChI=1S/C15H15FO/c1-10-3-8-14(11(2)9-10)15(17)12-4-6-13(16)7-5-12/h3-9,15,17H,1-2H3. The molecule has 88 valence electrons. The maximum Gasteiger partial charge on any atom is 0.123 e. The number of aryl methyl sites for hydroxylation is 2. The van der Waals surface area contributed by atoms with E-state index in [2.05, 4.69) is 0 Å². The van der Waals surface area contributed by atoms with Crippen LogP contribution in [0.15, 0.2) is 42.5 Å². The highest BCUT2D eigenvalue weighted by atomic mass is 19.1. The zero-order valence-corrected chi connectivity index (χ0v) is 9.94. The number of aliphatic hydroxyl groups is 1. The molecular weight excluding hydrogens is 215 g/mol. The van der Waals surface area contributed by atoms with Crippen molar-refractivity contribution in [2.24, 2.45) is 0 Å². The van der Waals surface area contributed by atoms with Crippen LogP contribution in [0.3, 0.4) is 0 Å². The molecular formula is C15H15FO. The fourth-order valence-corrected chi connectivity index (χ4v) is 1.96. The molecule has 2 aromatic carbocycles. The van der Waals surface area contributed by atoms with E-state index in [9.17, 15) is 9.50 Å². The Kier molecular flexibility index (Phi) is 3.25. The Balaban J connectivity index is 2.36. The molecule has 0 saturated heterocycles. The number of hydrogen-bond donors (Lipinski definition) is 1. The van der Waals surface area contributed by atoms with Gasteiger partial charge in [0.15, 0.2) is 0 Å². The van der Waals surface area contributed by atoms with Gasteiger partial charge in [-0.2, -0.15) is 0 Å². The van der Waals surface area contributed by atoms with E-state index in [0.717, 1.165) is 16.7 Å². The zero-order valence-electron chi connectivity index (χ0n) is 9.94. The molecule has 0 amide bonds. The minimum Gasteiger partial charge on any atom is -0.384 e. The SMILES string of the molecule is Cc1ccc(C(O)c2ccc(F)cc2)c(C)c1. The highest BCUT2D eigenvalue weighted by Gasteiger charge is 2.12. The van der Waals surface area contributed by atoms with Crippen molar-refractivity contribution in [1.29, 1.82) is 0 Å². The van der Waals surface area contributed by atoms with Gasteiger partial charge in [-0.25, -0.2) is 4.39 Å². The second-order valence-electron chi connectivity index (χ2n) is 4.31. The van der Waals surface area contributed by atoms with Crippen molar-refractivity contribution in [2.75, 3.05) is 0 Å². The topological polar surface area (TPSA) is 20.2 Å². The van der Waals surface area contributed by atoms with Gasteiger partial charge in [0, 0.05) is 0 Å². The first-order valence-corrected chi connectivity index (χ1v) is 5.58. The summed E-state index contributed by atoms with van der Waals surface area (Å²) in [5.74, 6) is -0.290. The van der Waals surface area contributed by atoms with Crippen molar-refractivity contribution < 1.29 is 9.50 Å². The second-order valence-corrected chi connectivity index (χ2v) is 4.31. The first-order chi connectivity index (χ1) is 8.08. The van der Waals surface area contributed by atoms with E-state index in [1.807, 2.05) is 32.0 Å². The van der Waals surface area contributed by atoms with Crippen LogP contribution in [0.1, 0.15) is 28.4 Å². The van der Waals surface area contributed by atoms with E-state index in [4.69, 9.17) is 0 Å². The number of rotatable bonds is 2. The summed E-state index contributed by atoms with van der Waals surface area (Å²) in [6.45, 7) is 3.98. The largest absolute Gasteiger partial charge is 0.384 e. The van der Waals surface area contributed by atoms with E-state index in [0.29, 0.717) is 5.56 Å². The number of aliphatic hydroxyl groups excluding tert-OH is 1. The molecule has 0 saturated carbocycles. The van der Waals surface area contributed by atoms with Gasteiger partial charge in [0.05, 0.1) is 0 Å². The maximum absolute atomic E-state index is 12.8. The van der Waals surface area contributed by atoms with E-state index in [1.54, 1.807) is 12.1 Å². The smallest absolute Gasteiger partial charge is 0.123 e. The van der Waals surface area contributed by atoms with Gasteiger partial charge in [0.1, 0.15) is 11.9 Å². The van der Waals surface area contributed by atoms with Crippen LogP contribution in [0.4, 0.5) is 4.39 Å². The van der Waals surface area contributed by atoms with E-state index >= 15 is 0 Å². The van der Waals surface area contributed by atoms with Crippen LogP contribution in [-0.4, -0.2) is 5.11 Å². The monoisotopic (exact) mass is 230 g/mol. The Labute approximate surface area is 101 Å². The van der Waals surface area contributed by atoms with Crippen molar-refractivity contribution >= 4 is 0 Å². The van der Waals surface area contributed by atoms with Crippen molar-refractivity contribution in [3.05, 3.63) is 70.5 Å². The van der Waals surface area contributed by atoms with Crippen LogP contribution in [-0.2, 0) is 0 Å². The van der Waals surface area contributed by atoms with Gasteiger partial charge >= 0.3 is 0 Å². The Morgan fingerprint density at radius 2 is 1.65 bits per heavy atom. The molecule has 0 aliphatic rings. The quantitative estimate of drug-likeness (QED) is 0.836. The van der Waals surface area contributed by atoms with Gasteiger partial charge in [-0.05, 0) is 42.7 Å². The summed E-state index contributed by atoms with van der Waals surface area (Å²) in [4.78, 5) is 0. The summed E-state index contributed by atoms with van der Waals surface area (Å²) in [6, 6.07) is 11.9. The van der Waals surface area contributed by atoms with Crippen molar-refractivity contribution in [2.45, 2.75) is 20.0 Å². The molecule has 1 nitrogen and oxygen atoms in total. The van der Waals surface area contributed by atoms with Crippen molar-refractivity contribution in [3.8, 4) is 0 Å².